The number of anilines is 1. The first-order chi connectivity index (χ1) is 13.9. The molecule has 0 aromatic heterocycles. The van der Waals surface area contributed by atoms with Crippen LogP contribution in [0.25, 0.3) is 0 Å². The number of hydrogen-bond donors (Lipinski definition) is 0. The smallest absolute Gasteiger partial charge is 0.227 e. The third-order valence-corrected chi connectivity index (χ3v) is 5.79. The highest BCUT2D eigenvalue weighted by Gasteiger charge is 2.48. The molecule has 2 aliphatic rings. The minimum atomic E-state index is -0.988. The number of nitriles is 1. The Morgan fingerprint density at radius 2 is 1.90 bits per heavy atom. The zero-order valence-electron chi connectivity index (χ0n) is 15.7. The van der Waals surface area contributed by atoms with Gasteiger partial charge >= 0.3 is 0 Å². The van der Waals surface area contributed by atoms with Gasteiger partial charge in [-0.15, -0.1) is 0 Å². The topological polar surface area (TPSA) is 64.4 Å². The highest BCUT2D eigenvalue weighted by atomic mass is 19.2. The summed E-state index contributed by atoms with van der Waals surface area (Å²) in [5, 5.41) is 8.92. The molecule has 0 radical (unpaired) electrons. The molecular formula is C22H19F2N3O2. The molecule has 2 amide bonds. The van der Waals surface area contributed by atoms with E-state index in [-0.39, 0.29) is 29.2 Å². The number of amides is 2. The maximum Gasteiger partial charge on any atom is 0.227 e. The highest BCUT2D eigenvalue weighted by Crippen LogP contribution is 2.42. The minimum absolute atomic E-state index is 0.0137. The van der Waals surface area contributed by atoms with Crippen molar-refractivity contribution in [2.24, 2.45) is 5.41 Å². The second-order valence-electron chi connectivity index (χ2n) is 7.77. The van der Waals surface area contributed by atoms with Crippen LogP contribution in [0, 0.1) is 28.4 Å². The van der Waals surface area contributed by atoms with Gasteiger partial charge in [-0.2, -0.15) is 5.26 Å². The molecule has 2 fully saturated rings. The number of nitrogens with zero attached hydrogens (tertiary/aromatic N) is 3. The molecule has 2 aliphatic heterocycles. The lowest BCUT2D eigenvalue weighted by molar-refractivity contribution is -0.130. The number of halogens is 2. The first-order valence-electron chi connectivity index (χ1n) is 9.42. The van der Waals surface area contributed by atoms with Crippen LogP contribution in [0.4, 0.5) is 14.5 Å². The van der Waals surface area contributed by atoms with Gasteiger partial charge in [0.05, 0.1) is 18.1 Å². The van der Waals surface area contributed by atoms with E-state index in [1.165, 1.54) is 12.1 Å². The third kappa shape index (κ3) is 3.58. The Balaban J connectivity index is 1.44. The van der Waals surface area contributed by atoms with Gasteiger partial charge in [-0.1, -0.05) is 12.1 Å². The van der Waals surface area contributed by atoms with Crippen LogP contribution in [-0.4, -0.2) is 36.3 Å². The van der Waals surface area contributed by atoms with E-state index in [4.69, 9.17) is 5.26 Å². The molecule has 5 nitrogen and oxygen atoms in total. The van der Waals surface area contributed by atoms with Crippen molar-refractivity contribution in [1.29, 1.82) is 5.26 Å². The molecule has 0 aliphatic carbocycles. The summed E-state index contributed by atoms with van der Waals surface area (Å²) in [6.07, 6.45) is 0.820. The molecule has 2 saturated heterocycles. The molecule has 1 atom stereocenters. The van der Waals surface area contributed by atoms with E-state index in [1.807, 2.05) is 0 Å². The first-order valence-corrected chi connectivity index (χ1v) is 9.42. The number of carbonyl (C=O) groups excluding carboxylic acids is 2. The van der Waals surface area contributed by atoms with Crippen molar-refractivity contribution in [3.8, 4) is 6.07 Å². The van der Waals surface area contributed by atoms with Gasteiger partial charge in [-0.3, -0.25) is 9.59 Å². The zero-order chi connectivity index (χ0) is 20.6. The van der Waals surface area contributed by atoms with Crippen LogP contribution in [0.2, 0.25) is 0 Å². The van der Waals surface area contributed by atoms with E-state index >= 15 is 0 Å². The first kappa shape index (κ1) is 19.1. The van der Waals surface area contributed by atoms with Crippen LogP contribution in [0.3, 0.4) is 0 Å². The van der Waals surface area contributed by atoms with Crippen molar-refractivity contribution in [1.82, 2.24) is 4.90 Å². The SMILES string of the molecule is N#Cc1ccc(N2C[C@@]3(CCN(C(=O)Cc4cccc(F)c4F)C3)CC2=O)cc1. The lowest BCUT2D eigenvalue weighted by Gasteiger charge is -2.24. The molecule has 148 valence electrons. The Labute approximate surface area is 167 Å². The summed E-state index contributed by atoms with van der Waals surface area (Å²) in [5.41, 5.74) is 0.966. The van der Waals surface area contributed by atoms with Gasteiger partial charge in [0.25, 0.3) is 0 Å². The molecular weight excluding hydrogens is 376 g/mol. The predicted octanol–water partition coefficient (Wildman–Crippen LogP) is 3.03. The monoisotopic (exact) mass is 395 g/mol. The minimum Gasteiger partial charge on any atom is -0.342 e. The summed E-state index contributed by atoms with van der Waals surface area (Å²) in [7, 11) is 0. The van der Waals surface area contributed by atoms with Crippen molar-refractivity contribution in [3.05, 3.63) is 65.2 Å². The van der Waals surface area contributed by atoms with Crippen LogP contribution >= 0.6 is 0 Å². The van der Waals surface area contributed by atoms with E-state index in [2.05, 4.69) is 6.07 Å². The predicted molar refractivity (Wildman–Crippen MR) is 102 cm³/mol. The van der Waals surface area contributed by atoms with E-state index in [1.54, 1.807) is 34.1 Å². The van der Waals surface area contributed by atoms with Crippen molar-refractivity contribution < 1.29 is 18.4 Å². The van der Waals surface area contributed by atoms with Gasteiger partial charge in [-0.05, 0) is 36.8 Å². The van der Waals surface area contributed by atoms with E-state index in [0.29, 0.717) is 38.0 Å². The van der Waals surface area contributed by atoms with Crippen LogP contribution in [0.5, 0.6) is 0 Å². The third-order valence-electron chi connectivity index (χ3n) is 5.79. The summed E-state index contributed by atoms with van der Waals surface area (Å²) in [6, 6.07) is 12.7. The molecule has 29 heavy (non-hydrogen) atoms. The zero-order valence-corrected chi connectivity index (χ0v) is 15.7. The summed E-state index contributed by atoms with van der Waals surface area (Å²) >= 11 is 0. The van der Waals surface area contributed by atoms with Crippen molar-refractivity contribution >= 4 is 17.5 Å². The summed E-state index contributed by atoms with van der Waals surface area (Å²) in [6.45, 7) is 1.40. The Morgan fingerprint density at radius 1 is 1.14 bits per heavy atom. The summed E-state index contributed by atoms with van der Waals surface area (Å²) in [4.78, 5) is 28.6. The lowest BCUT2D eigenvalue weighted by atomic mass is 9.86. The Morgan fingerprint density at radius 3 is 2.62 bits per heavy atom. The average Bonchev–Trinajstić information content (AvgIpc) is 3.28. The van der Waals surface area contributed by atoms with Crippen LogP contribution in [-0.2, 0) is 16.0 Å². The van der Waals surface area contributed by atoms with Gasteiger partial charge in [0, 0.05) is 42.7 Å². The summed E-state index contributed by atoms with van der Waals surface area (Å²) in [5.74, 6) is -2.23. The molecule has 4 rings (SSSR count). The molecule has 2 aromatic rings. The van der Waals surface area contributed by atoms with E-state index in [0.717, 1.165) is 11.8 Å². The van der Waals surface area contributed by atoms with Gasteiger partial charge < -0.3 is 9.80 Å². The molecule has 0 bridgehead atoms. The van der Waals surface area contributed by atoms with Crippen LogP contribution < -0.4 is 4.90 Å². The second-order valence-corrected chi connectivity index (χ2v) is 7.77. The Kier molecular flexibility index (Phi) is 4.79. The van der Waals surface area contributed by atoms with Crippen molar-refractivity contribution in [2.45, 2.75) is 19.3 Å². The maximum absolute atomic E-state index is 13.9. The maximum atomic E-state index is 13.9. The standard InChI is InChI=1S/C22H19F2N3O2/c23-18-3-1-2-16(21(18)24)10-19(28)26-9-8-22(13-26)11-20(29)27(14-22)17-6-4-15(12-25)5-7-17/h1-7H,8-11,13-14H2/t22-/m0/s1. The van der Waals surface area contributed by atoms with E-state index in [9.17, 15) is 18.4 Å². The average molecular weight is 395 g/mol. The molecule has 2 heterocycles. The quantitative estimate of drug-likeness (QED) is 0.803. The van der Waals surface area contributed by atoms with Gasteiger partial charge in [0.15, 0.2) is 11.6 Å². The van der Waals surface area contributed by atoms with E-state index < -0.39 is 11.6 Å². The highest BCUT2D eigenvalue weighted by molar-refractivity contribution is 5.96. The van der Waals surface area contributed by atoms with Gasteiger partial charge in [0.2, 0.25) is 11.8 Å². The van der Waals surface area contributed by atoms with Crippen molar-refractivity contribution in [2.75, 3.05) is 24.5 Å². The van der Waals surface area contributed by atoms with Gasteiger partial charge in [-0.25, -0.2) is 8.78 Å². The van der Waals surface area contributed by atoms with Crippen LogP contribution in [0.1, 0.15) is 24.0 Å². The van der Waals surface area contributed by atoms with Gasteiger partial charge in [0.1, 0.15) is 0 Å². The molecule has 2 aromatic carbocycles. The fourth-order valence-corrected chi connectivity index (χ4v) is 4.23. The Bertz CT molecular complexity index is 1020. The fourth-order valence-electron chi connectivity index (χ4n) is 4.23. The normalized spacial score (nSPS) is 21.1. The van der Waals surface area contributed by atoms with Crippen molar-refractivity contribution in [3.63, 3.8) is 0 Å². The van der Waals surface area contributed by atoms with Crippen LogP contribution in [0.15, 0.2) is 42.5 Å². The number of carbonyl (C=O) groups is 2. The fraction of sp³-hybridized carbons (Fsp3) is 0.318. The number of hydrogen-bond acceptors (Lipinski definition) is 3. The molecule has 0 saturated carbocycles. The molecule has 0 unspecified atom stereocenters. The largest absolute Gasteiger partial charge is 0.342 e. The second kappa shape index (κ2) is 7.28. The number of rotatable bonds is 3. The molecule has 1 spiro atoms. The Hall–Kier alpha value is -3.27. The summed E-state index contributed by atoms with van der Waals surface area (Å²) < 4.78 is 27.3. The molecule has 0 N–H and O–H groups in total. The number of likely N-dealkylation sites (tertiary alicyclic amines) is 1. The lowest BCUT2D eigenvalue weighted by Crippen LogP contribution is -2.35. The number of benzene rings is 2. The molecule has 7 heteroatoms.